The van der Waals surface area contributed by atoms with Gasteiger partial charge in [0.1, 0.15) is 0 Å². The van der Waals surface area contributed by atoms with E-state index in [2.05, 4.69) is 15.2 Å². The topological polar surface area (TPSA) is 92.0 Å². The van der Waals surface area contributed by atoms with Gasteiger partial charge in [-0.25, -0.2) is 4.79 Å². The lowest BCUT2D eigenvalue weighted by Gasteiger charge is -1.96. The molecule has 0 unspecified atom stereocenters. The molecule has 0 aromatic carbocycles. The number of carboxylic acid groups (broad SMARTS) is 1. The second-order valence-corrected chi connectivity index (χ2v) is 3.78. The van der Waals surface area contributed by atoms with Crippen molar-refractivity contribution in [3.05, 3.63) is 22.8 Å². The van der Waals surface area contributed by atoms with Crippen molar-refractivity contribution in [2.45, 2.75) is 27.2 Å². The Balaban J connectivity index is 2.61. The molecule has 0 saturated carbocycles. The zero-order chi connectivity index (χ0) is 12.6. The molecule has 2 aromatic heterocycles. The minimum absolute atomic E-state index is 0.189. The molecule has 0 bridgehead atoms. The number of carbonyl (C=O) groups is 1. The number of aromatic carboxylic acids is 1. The summed E-state index contributed by atoms with van der Waals surface area (Å²) in [4.78, 5) is 14.2. The van der Waals surface area contributed by atoms with Gasteiger partial charge in [-0.1, -0.05) is 6.92 Å². The van der Waals surface area contributed by atoms with Gasteiger partial charge in [-0.05, 0) is 13.8 Å². The molecule has 6 heteroatoms. The summed E-state index contributed by atoms with van der Waals surface area (Å²) in [5, 5.41) is 16.9. The Kier molecular flexibility index (Phi) is 2.71. The van der Waals surface area contributed by atoms with Gasteiger partial charge in [-0.15, -0.1) is 10.2 Å². The molecule has 0 aliphatic rings. The van der Waals surface area contributed by atoms with Gasteiger partial charge in [0.05, 0.1) is 11.1 Å². The number of nitrogens with zero attached hydrogens (tertiary/aromatic N) is 2. The third-order valence-corrected chi connectivity index (χ3v) is 2.57. The fraction of sp³-hybridized carbons (Fsp3) is 0.364. The highest BCUT2D eigenvalue weighted by atomic mass is 16.4. The number of hydrogen-bond donors (Lipinski definition) is 2. The van der Waals surface area contributed by atoms with E-state index < -0.39 is 5.97 Å². The normalized spacial score (nSPS) is 10.8. The minimum Gasteiger partial charge on any atom is -0.478 e. The van der Waals surface area contributed by atoms with Gasteiger partial charge in [0.15, 0.2) is 0 Å². The number of hydrogen-bond acceptors (Lipinski definition) is 4. The SMILES string of the molecule is CCc1nnc(-c2c(C)[nH]c(C)c2C(=O)O)o1. The predicted molar refractivity (Wildman–Crippen MR) is 59.9 cm³/mol. The molecule has 17 heavy (non-hydrogen) atoms. The van der Waals surface area contributed by atoms with Gasteiger partial charge in [0.2, 0.25) is 11.8 Å². The summed E-state index contributed by atoms with van der Waals surface area (Å²) >= 11 is 0. The molecule has 0 amide bonds. The van der Waals surface area contributed by atoms with Crippen LogP contribution in [0.3, 0.4) is 0 Å². The second kappa shape index (κ2) is 4.04. The minimum atomic E-state index is -1.00. The molecule has 2 aromatic rings. The maximum absolute atomic E-state index is 11.2. The van der Waals surface area contributed by atoms with Crippen molar-refractivity contribution in [2.75, 3.05) is 0 Å². The van der Waals surface area contributed by atoms with Gasteiger partial charge >= 0.3 is 5.97 Å². The number of H-pyrrole nitrogens is 1. The number of aryl methyl sites for hydroxylation is 3. The van der Waals surface area contributed by atoms with Crippen molar-refractivity contribution in [1.82, 2.24) is 15.2 Å². The molecule has 6 nitrogen and oxygen atoms in total. The largest absolute Gasteiger partial charge is 0.478 e. The standard InChI is InChI=1S/C11H13N3O3/c1-4-7-13-14-10(17-7)8-5(2)12-6(3)9(8)11(15)16/h12H,4H2,1-3H3,(H,15,16). The summed E-state index contributed by atoms with van der Waals surface area (Å²) in [6.07, 6.45) is 0.623. The van der Waals surface area contributed by atoms with E-state index in [9.17, 15) is 9.90 Å². The van der Waals surface area contributed by atoms with Crippen LogP contribution >= 0.6 is 0 Å². The first-order chi connectivity index (χ1) is 8.04. The molecule has 0 spiro atoms. The molecule has 2 N–H and O–H groups in total. The molecule has 0 saturated heterocycles. The highest BCUT2D eigenvalue weighted by Gasteiger charge is 2.23. The Bertz CT molecular complexity index is 569. The summed E-state index contributed by atoms with van der Waals surface area (Å²) in [7, 11) is 0. The van der Waals surface area contributed by atoms with E-state index in [0.717, 1.165) is 0 Å². The van der Waals surface area contributed by atoms with E-state index in [0.29, 0.717) is 29.3 Å². The average molecular weight is 235 g/mol. The van der Waals surface area contributed by atoms with Gasteiger partial charge in [0.25, 0.3) is 0 Å². The van der Waals surface area contributed by atoms with Crippen molar-refractivity contribution in [3.8, 4) is 11.5 Å². The first-order valence-electron chi connectivity index (χ1n) is 5.29. The lowest BCUT2D eigenvalue weighted by Crippen LogP contribution is -1.99. The first-order valence-corrected chi connectivity index (χ1v) is 5.29. The lowest BCUT2D eigenvalue weighted by atomic mass is 10.1. The van der Waals surface area contributed by atoms with Crippen molar-refractivity contribution < 1.29 is 14.3 Å². The molecule has 0 atom stereocenters. The Morgan fingerprint density at radius 1 is 1.35 bits per heavy atom. The van der Waals surface area contributed by atoms with Gasteiger partial charge in [-0.3, -0.25) is 0 Å². The molecule has 2 heterocycles. The van der Waals surface area contributed by atoms with Crippen LogP contribution in [0.15, 0.2) is 4.42 Å². The third kappa shape index (κ3) is 1.82. The molecule has 0 fully saturated rings. The van der Waals surface area contributed by atoms with Gasteiger partial charge < -0.3 is 14.5 Å². The highest BCUT2D eigenvalue weighted by molar-refractivity contribution is 5.97. The smallest absolute Gasteiger partial charge is 0.338 e. The van der Waals surface area contributed by atoms with Crippen LogP contribution in [0.5, 0.6) is 0 Å². The van der Waals surface area contributed by atoms with Crippen LogP contribution in [-0.4, -0.2) is 26.3 Å². The fourth-order valence-corrected chi connectivity index (χ4v) is 1.81. The zero-order valence-corrected chi connectivity index (χ0v) is 9.87. The Morgan fingerprint density at radius 2 is 2.06 bits per heavy atom. The van der Waals surface area contributed by atoms with Gasteiger partial charge in [0, 0.05) is 17.8 Å². The van der Waals surface area contributed by atoms with E-state index in [1.165, 1.54) is 0 Å². The van der Waals surface area contributed by atoms with Crippen LogP contribution in [0.25, 0.3) is 11.5 Å². The van der Waals surface area contributed by atoms with Gasteiger partial charge in [-0.2, -0.15) is 0 Å². The summed E-state index contributed by atoms with van der Waals surface area (Å²) in [5.41, 5.74) is 1.96. The van der Waals surface area contributed by atoms with Crippen molar-refractivity contribution >= 4 is 5.97 Å². The third-order valence-electron chi connectivity index (χ3n) is 2.57. The molecule has 90 valence electrons. The molecule has 0 aliphatic heterocycles. The fourth-order valence-electron chi connectivity index (χ4n) is 1.81. The molecular weight excluding hydrogens is 222 g/mol. The summed E-state index contributed by atoms with van der Waals surface area (Å²) in [6.45, 7) is 5.38. The summed E-state index contributed by atoms with van der Waals surface area (Å²) < 4.78 is 5.40. The van der Waals surface area contributed by atoms with Crippen LogP contribution < -0.4 is 0 Å². The van der Waals surface area contributed by atoms with Crippen LogP contribution in [0.2, 0.25) is 0 Å². The summed E-state index contributed by atoms with van der Waals surface area (Å²) in [6, 6.07) is 0. The van der Waals surface area contributed by atoms with E-state index >= 15 is 0 Å². The number of nitrogens with one attached hydrogen (secondary N) is 1. The van der Waals surface area contributed by atoms with Crippen LogP contribution in [0.1, 0.15) is 34.6 Å². The van der Waals surface area contributed by atoms with E-state index in [4.69, 9.17) is 4.42 Å². The quantitative estimate of drug-likeness (QED) is 0.848. The second-order valence-electron chi connectivity index (χ2n) is 3.78. The summed E-state index contributed by atoms with van der Waals surface area (Å²) in [5.74, 6) is -0.256. The number of aromatic nitrogens is 3. The molecular formula is C11H13N3O3. The first kappa shape index (κ1) is 11.4. The van der Waals surface area contributed by atoms with Crippen LogP contribution in [0, 0.1) is 13.8 Å². The molecule has 0 radical (unpaired) electrons. The van der Waals surface area contributed by atoms with E-state index in [-0.39, 0.29) is 11.5 Å². The van der Waals surface area contributed by atoms with Crippen molar-refractivity contribution in [1.29, 1.82) is 0 Å². The maximum Gasteiger partial charge on any atom is 0.338 e. The zero-order valence-electron chi connectivity index (χ0n) is 9.87. The number of rotatable bonds is 3. The molecule has 0 aliphatic carbocycles. The van der Waals surface area contributed by atoms with E-state index in [1.807, 2.05) is 6.92 Å². The Labute approximate surface area is 97.7 Å². The number of carboxylic acids is 1. The van der Waals surface area contributed by atoms with E-state index in [1.54, 1.807) is 13.8 Å². The van der Waals surface area contributed by atoms with Crippen LogP contribution in [0.4, 0.5) is 0 Å². The maximum atomic E-state index is 11.2. The Hall–Kier alpha value is -2.11. The van der Waals surface area contributed by atoms with Crippen LogP contribution in [-0.2, 0) is 6.42 Å². The van der Waals surface area contributed by atoms with Crippen molar-refractivity contribution in [2.24, 2.45) is 0 Å². The average Bonchev–Trinajstić information content (AvgIpc) is 2.81. The predicted octanol–water partition coefficient (Wildman–Crippen LogP) is 1.94. The monoisotopic (exact) mass is 235 g/mol. The highest BCUT2D eigenvalue weighted by Crippen LogP contribution is 2.28. The van der Waals surface area contributed by atoms with Crippen molar-refractivity contribution in [3.63, 3.8) is 0 Å². The number of aromatic amines is 1. The molecule has 2 rings (SSSR count). The lowest BCUT2D eigenvalue weighted by molar-refractivity contribution is 0.0697. The Morgan fingerprint density at radius 3 is 2.59 bits per heavy atom.